The summed E-state index contributed by atoms with van der Waals surface area (Å²) in [5.41, 5.74) is 3.99. The molecule has 43 heavy (non-hydrogen) atoms. The molecule has 2 aromatic carbocycles. The smallest absolute Gasteiger partial charge is 0.230 e. The molecule has 2 aliphatic rings. The second-order valence-corrected chi connectivity index (χ2v) is 12.8. The van der Waals surface area contributed by atoms with Gasteiger partial charge in [0.1, 0.15) is 6.29 Å². The number of hydrogen-bond donors (Lipinski definition) is 0. The average molecular weight is 581 g/mol. The van der Waals surface area contributed by atoms with E-state index in [2.05, 4.69) is 57.8 Å². The lowest BCUT2D eigenvalue weighted by Gasteiger charge is -2.27. The van der Waals surface area contributed by atoms with Crippen molar-refractivity contribution in [2.75, 3.05) is 23.9 Å². The number of nitrogens with zero attached hydrogens (tertiary/aromatic N) is 2. The van der Waals surface area contributed by atoms with Crippen molar-refractivity contribution in [2.45, 2.75) is 46.0 Å². The van der Waals surface area contributed by atoms with Gasteiger partial charge in [-0.1, -0.05) is 56.3 Å². The number of rotatable bonds is 12. The molecule has 0 bridgehead atoms. The highest BCUT2D eigenvalue weighted by Gasteiger charge is 2.46. The van der Waals surface area contributed by atoms with Crippen LogP contribution in [0.15, 0.2) is 86.5 Å². The minimum Gasteiger partial charge on any atom is -0.315 e. The molecule has 8 unspecified atom stereocenters. The van der Waals surface area contributed by atoms with Crippen molar-refractivity contribution in [3.63, 3.8) is 0 Å². The van der Waals surface area contributed by atoms with Gasteiger partial charge in [-0.2, -0.15) is 0 Å². The molecule has 0 aliphatic heterocycles. The SMILES string of the molecule is C=CCCC1CC(C=C)C(C=O)C1C(=O)N(C)c1ccc(Cc2ccc(N(C)C(=O)C3C(C)CC(C=C)C3C)cc2)cc1. The van der Waals surface area contributed by atoms with Crippen LogP contribution in [0.3, 0.4) is 0 Å². The van der Waals surface area contributed by atoms with E-state index in [0.717, 1.165) is 60.9 Å². The topological polar surface area (TPSA) is 57.7 Å². The first-order chi connectivity index (χ1) is 20.6. The number of anilines is 2. The third kappa shape index (κ3) is 6.76. The minimum atomic E-state index is -0.350. The zero-order chi connectivity index (χ0) is 31.3. The summed E-state index contributed by atoms with van der Waals surface area (Å²) in [7, 11) is 3.67. The van der Waals surface area contributed by atoms with Gasteiger partial charge in [-0.05, 0) is 97.1 Å². The summed E-state index contributed by atoms with van der Waals surface area (Å²) in [6.07, 6.45) is 10.9. The summed E-state index contributed by atoms with van der Waals surface area (Å²) < 4.78 is 0. The lowest BCUT2D eigenvalue weighted by molar-refractivity contribution is -0.127. The zero-order valence-corrected chi connectivity index (χ0v) is 26.3. The lowest BCUT2D eigenvalue weighted by atomic mass is 9.85. The van der Waals surface area contributed by atoms with Crippen molar-refractivity contribution in [3.05, 3.63) is 97.6 Å². The van der Waals surface area contributed by atoms with E-state index in [1.165, 1.54) is 0 Å². The van der Waals surface area contributed by atoms with E-state index in [1.54, 1.807) is 16.8 Å². The normalized spacial score (nSPS) is 28.2. The van der Waals surface area contributed by atoms with Gasteiger partial charge >= 0.3 is 0 Å². The molecular weight excluding hydrogens is 532 g/mol. The van der Waals surface area contributed by atoms with Crippen LogP contribution in [0.4, 0.5) is 11.4 Å². The number of carbonyl (C=O) groups is 3. The quantitative estimate of drug-likeness (QED) is 0.193. The first-order valence-electron chi connectivity index (χ1n) is 15.7. The molecule has 0 spiro atoms. The van der Waals surface area contributed by atoms with Crippen LogP contribution in [-0.4, -0.2) is 32.2 Å². The second kappa shape index (κ2) is 14.2. The Hall–Kier alpha value is -3.73. The van der Waals surface area contributed by atoms with Gasteiger partial charge in [0.2, 0.25) is 11.8 Å². The van der Waals surface area contributed by atoms with E-state index >= 15 is 0 Å². The summed E-state index contributed by atoms with van der Waals surface area (Å²) in [5, 5.41) is 0. The number of amides is 2. The number of benzene rings is 2. The maximum absolute atomic E-state index is 13.7. The van der Waals surface area contributed by atoms with Crippen molar-refractivity contribution >= 4 is 29.5 Å². The third-order valence-corrected chi connectivity index (χ3v) is 10.3. The molecule has 8 atom stereocenters. The maximum atomic E-state index is 13.7. The number of aldehydes is 1. The molecule has 0 radical (unpaired) electrons. The Morgan fingerprint density at radius 1 is 0.791 bits per heavy atom. The maximum Gasteiger partial charge on any atom is 0.230 e. The van der Waals surface area contributed by atoms with Gasteiger partial charge < -0.3 is 14.6 Å². The molecule has 0 N–H and O–H groups in total. The van der Waals surface area contributed by atoms with Crippen LogP contribution in [0.1, 0.15) is 50.7 Å². The Labute approximate surface area is 258 Å². The van der Waals surface area contributed by atoms with Crippen LogP contribution >= 0.6 is 0 Å². The Morgan fingerprint density at radius 2 is 1.30 bits per heavy atom. The molecule has 2 amide bonds. The molecule has 2 aliphatic carbocycles. The molecule has 228 valence electrons. The predicted octanol–water partition coefficient (Wildman–Crippen LogP) is 7.52. The van der Waals surface area contributed by atoms with Crippen LogP contribution in [0.25, 0.3) is 0 Å². The summed E-state index contributed by atoms with van der Waals surface area (Å²) in [6, 6.07) is 16.3. The van der Waals surface area contributed by atoms with Crippen molar-refractivity contribution in [3.8, 4) is 0 Å². The fraction of sp³-hybridized carbons (Fsp3) is 0.447. The van der Waals surface area contributed by atoms with E-state index in [0.29, 0.717) is 17.8 Å². The van der Waals surface area contributed by atoms with E-state index in [1.807, 2.05) is 49.5 Å². The van der Waals surface area contributed by atoms with Gasteiger partial charge in [-0.25, -0.2) is 0 Å². The van der Waals surface area contributed by atoms with Gasteiger partial charge in [0.05, 0.1) is 5.92 Å². The highest BCUT2D eigenvalue weighted by molar-refractivity contribution is 5.97. The van der Waals surface area contributed by atoms with Crippen LogP contribution in [0, 0.1) is 47.3 Å². The van der Waals surface area contributed by atoms with E-state index in [-0.39, 0.29) is 41.4 Å². The molecular formula is C38H48N2O3. The summed E-state index contributed by atoms with van der Waals surface area (Å²) in [6.45, 7) is 16.1. The van der Waals surface area contributed by atoms with Gasteiger partial charge in [0, 0.05) is 37.3 Å². The number of carbonyl (C=O) groups excluding carboxylic acids is 3. The van der Waals surface area contributed by atoms with Crippen LogP contribution in [-0.2, 0) is 20.8 Å². The molecule has 2 aromatic rings. The van der Waals surface area contributed by atoms with E-state index < -0.39 is 0 Å². The summed E-state index contributed by atoms with van der Waals surface area (Å²) >= 11 is 0. The standard InChI is InChI=1S/C38H48N2O3/c1-8-11-12-31-23-30(10-3)34(24-41)36(31)38(43)40(7)33-19-15-28(16-20-33)22-27-13-17-32(18-14-27)39(6)37(42)35-25(4)21-29(9-2)26(35)5/h8-10,13-20,24-26,29-31,34-36H,1-3,11-12,21-23H2,4-7H3. The largest absolute Gasteiger partial charge is 0.315 e. The zero-order valence-electron chi connectivity index (χ0n) is 26.3. The lowest BCUT2D eigenvalue weighted by Crippen LogP contribution is -2.38. The Balaban J connectivity index is 1.40. The molecule has 5 heteroatoms. The van der Waals surface area contributed by atoms with Crippen molar-refractivity contribution < 1.29 is 14.4 Å². The van der Waals surface area contributed by atoms with Crippen molar-refractivity contribution in [2.24, 2.45) is 47.3 Å². The fourth-order valence-electron chi connectivity index (χ4n) is 7.63. The first kappa shape index (κ1) is 32.2. The molecule has 2 fully saturated rings. The van der Waals surface area contributed by atoms with Crippen LogP contribution < -0.4 is 9.80 Å². The minimum absolute atomic E-state index is 0.00985. The van der Waals surface area contributed by atoms with Crippen LogP contribution in [0.5, 0.6) is 0 Å². The van der Waals surface area contributed by atoms with Crippen molar-refractivity contribution in [1.29, 1.82) is 0 Å². The van der Waals surface area contributed by atoms with Crippen LogP contribution in [0.2, 0.25) is 0 Å². The molecule has 0 heterocycles. The highest BCUT2D eigenvalue weighted by atomic mass is 16.2. The third-order valence-electron chi connectivity index (χ3n) is 10.3. The molecule has 0 saturated heterocycles. The van der Waals surface area contributed by atoms with Crippen molar-refractivity contribution in [1.82, 2.24) is 0 Å². The van der Waals surface area contributed by atoms with Gasteiger partial charge in [-0.3, -0.25) is 9.59 Å². The molecule has 5 nitrogen and oxygen atoms in total. The van der Waals surface area contributed by atoms with Gasteiger partial charge in [0.15, 0.2) is 0 Å². The van der Waals surface area contributed by atoms with E-state index in [9.17, 15) is 14.4 Å². The Morgan fingerprint density at radius 3 is 1.74 bits per heavy atom. The first-order valence-corrected chi connectivity index (χ1v) is 15.7. The van der Waals surface area contributed by atoms with Gasteiger partial charge in [-0.15, -0.1) is 19.7 Å². The van der Waals surface area contributed by atoms with E-state index in [4.69, 9.17) is 0 Å². The summed E-state index contributed by atoms with van der Waals surface area (Å²) in [5.74, 6) is 0.680. The molecule has 4 rings (SSSR count). The predicted molar refractivity (Wildman–Crippen MR) is 177 cm³/mol. The Kier molecular flexibility index (Phi) is 10.6. The highest BCUT2D eigenvalue weighted by Crippen LogP contribution is 2.45. The monoisotopic (exact) mass is 580 g/mol. The number of hydrogen-bond acceptors (Lipinski definition) is 3. The molecule has 2 saturated carbocycles. The second-order valence-electron chi connectivity index (χ2n) is 12.8. The Bertz CT molecular complexity index is 1310. The summed E-state index contributed by atoms with van der Waals surface area (Å²) in [4.78, 5) is 42.6. The van der Waals surface area contributed by atoms with Gasteiger partial charge in [0.25, 0.3) is 0 Å². The number of allylic oxidation sites excluding steroid dienone is 3. The average Bonchev–Trinajstić information content (AvgIpc) is 3.54. The molecule has 0 aromatic heterocycles. The fourth-order valence-corrected chi connectivity index (χ4v) is 7.63.